The number of aryl methyl sites for hydroxylation is 1. The van der Waals surface area contributed by atoms with Crippen LogP contribution in [0.25, 0.3) is 0 Å². The lowest BCUT2D eigenvalue weighted by molar-refractivity contribution is 0.450. The lowest BCUT2D eigenvalue weighted by Crippen LogP contribution is -2.23. The molecule has 0 unspecified atom stereocenters. The first-order chi connectivity index (χ1) is 7.74. The molecule has 2 heterocycles. The quantitative estimate of drug-likeness (QED) is 0.764. The third-order valence-electron chi connectivity index (χ3n) is 2.69. The zero-order valence-corrected chi connectivity index (χ0v) is 8.96. The van der Waals surface area contributed by atoms with Crippen LogP contribution in [0.2, 0.25) is 0 Å². The topological polar surface area (TPSA) is 65.8 Å². The third kappa shape index (κ3) is 1.56. The Hall–Kier alpha value is -1.85. The first-order valence-electron chi connectivity index (χ1n) is 5.30. The number of hydrogen-bond donors (Lipinski definition) is 0. The summed E-state index contributed by atoms with van der Waals surface area (Å²) in [5.74, 6) is 0.984. The van der Waals surface area contributed by atoms with Crippen LogP contribution < -0.4 is 5.69 Å². The van der Waals surface area contributed by atoms with Crippen molar-refractivity contribution in [2.24, 2.45) is 0 Å². The van der Waals surface area contributed by atoms with Crippen LogP contribution in [-0.4, -0.2) is 19.3 Å². The highest BCUT2D eigenvalue weighted by Gasteiger charge is 2.25. The second kappa shape index (κ2) is 3.33. The molecule has 0 atom stereocenters. The van der Waals surface area contributed by atoms with Crippen LogP contribution >= 0.6 is 0 Å². The summed E-state index contributed by atoms with van der Waals surface area (Å²) in [7, 11) is 0. The standard InChI is InChI=1S/C10H12N4O2/c1-7-11-12-9(16-7)6-13-4-5-14(10(13)15)8-2-3-8/h4-5,8H,2-3,6H2,1H3. The molecule has 0 saturated heterocycles. The molecule has 0 aliphatic heterocycles. The molecule has 1 aliphatic carbocycles. The number of rotatable bonds is 3. The summed E-state index contributed by atoms with van der Waals surface area (Å²) >= 11 is 0. The predicted molar refractivity (Wildman–Crippen MR) is 55.1 cm³/mol. The van der Waals surface area contributed by atoms with Crippen LogP contribution in [0.15, 0.2) is 21.6 Å². The summed E-state index contributed by atoms with van der Waals surface area (Å²) in [5.41, 5.74) is -0.00152. The molecule has 16 heavy (non-hydrogen) atoms. The Morgan fingerprint density at radius 2 is 2.25 bits per heavy atom. The Morgan fingerprint density at radius 3 is 2.88 bits per heavy atom. The average molecular weight is 220 g/mol. The van der Waals surface area contributed by atoms with E-state index in [9.17, 15) is 4.79 Å². The second-order valence-electron chi connectivity index (χ2n) is 4.06. The number of imidazole rings is 1. The molecule has 0 amide bonds. The van der Waals surface area contributed by atoms with Gasteiger partial charge in [0.2, 0.25) is 11.8 Å². The van der Waals surface area contributed by atoms with Gasteiger partial charge in [-0.1, -0.05) is 0 Å². The summed E-state index contributed by atoms with van der Waals surface area (Å²) in [5, 5.41) is 7.59. The van der Waals surface area contributed by atoms with E-state index >= 15 is 0 Å². The minimum absolute atomic E-state index is 0.00152. The zero-order chi connectivity index (χ0) is 11.1. The van der Waals surface area contributed by atoms with Crippen molar-refractivity contribution in [3.05, 3.63) is 34.7 Å². The highest BCUT2D eigenvalue weighted by molar-refractivity contribution is 4.93. The lowest BCUT2D eigenvalue weighted by atomic mass is 10.6. The van der Waals surface area contributed by atoms with E-state index in [4.69, 9.17) is 4.42 Å². The van der Waals surface area contributed by atoms with Gasteiger partial charge in [0.1, 0.15) is 6.54 Å². The molecule has 6 nitrogen and oxygen atoms in total. The fraction of sp³-hybridized carbons (Fsp3) is 0.500. The van der Waals surface area contributed by atoms with Crippen molar-refractivity contribution in [2.45, 2.75) is 32.4 Å². The summed E-state index contributed by atoms with van der Waals surface area (Å²) in [6.07, 6.45) is 5.79. The van der Waals surface area contributed by atoms with Gasteiger partial charge in [0.05, 0.1) is 0 Å². The molecule has 0 radical (unpaired) electrons. The van der Waals surface area contributed by atoms with Crippen molar-refractivity contribution >= 4 is 0 Å². The lowest BCUT2D eigenvalue weighted by Gasteiger charge is -1.97. The van der Waals surface area contributed by atoms with Gasteiger partial charge in [0.15, 0.2) is 0 Å². The molecule has 3 rings (SSSR count). The van der Waals surface area contributed by atoms with Crippen molar-refractivity contribution in [3.8, 4) is 0 Å². The van der Waals surface area contributed by atoms with Gasteiger partial charge in [-0.2, -0.15) is 0 Å². The van der Waals surface area contributed by atoms with E-state index in [1.54, 1.807) is 22.3 Å². The molecule has 0 bridgehead atoms. The van der Waals surface area contributed by atoms with Crippen molar-refractivity contribution < 1.29 is 4.42 Å². The molecule has 2 aromatic heterocycles. The van der Waals surface area contributed by atoms with E-state index in [0.717, 1.165) is 12.8 Å². The molecular weight excluding hydrogens is 208 g/mol. The van der Waals surface area contributed by atoms with Gasteiger partial charge < -0.3 is 4.42 Å². The first kappa shape index (κ1) is 9.38. The number of hydrogen-bond acceptors (Lipinski definition) is 4. The van der Waals surface area contributed by atoms with Crippen LogP contribution in [0, 0.1) is 6.92 Å². The summed E-state index contributed by atoms with van der Waals surface area (Å²) in [6.45, 7) is 2.08. The van der Waals surface area contributed by atoms with Crippen molar-refractivity contribution in [1.29, 1.82) is 0 Å². The molecule has 2 aromatic rings. The van der Waals surface area contributed by atoms with E-state index in [0.29, 0.717) is 24.4 Å². The van der Waals surface area contributed by atoms with Crippen LogP contribution in [0.3, 0.4) is 0 Å². The molecule has 6 heteroatoms. The van der Waals surface area contributed by atoms with E-state index in [1.165, 1.54) is 0 Å². The molecule has 0 aromatic carbocycles. The van der Waals surface area contributed by atoms with E-state index in [2.05, 4.69) is 10.2 Å². The van der Waals surface area contributed by atoms with Crippen LogP contribution in [0.5, 0.6) is 0 Å². The summed E-state index contributed by atoms with van der Waals surface area (Å²) in [4.78, 5) is 11.9. The highest BCUT2D eigenvalue weighted by Crippen LogP contribution is 2.33. The first-order valence-corrected chi connectivity index (χ1v) is 5.30. The summed E-state index contributed by atoms with van der Waals surface area (Å²) < 4.78 is 8.59. The fourth-order valence-corrected chi connectivity index (χ4v) is 1.73. The molecule has 1 aliphatic rings. The smallest absolute Gasteiger partial charge is 0.328 e. The maximum atomic E-state index is 11.9. The van der Waals surface area contributed by atoms with Gasteiger partial charge in [-0.25, -0.2) is 4.79 Å². The Morgan fingerprint density at radius 1 is 1.44 bits per heavy atom. The fourth-order valence-electron chi connectivity index (χ4n) is 1.73. The minimum Gasteiger partial charge on any atom is -0.424 e. The molecule has 0 N–H and O–H groups in total. The van der Waals surface area contributed by atoms with Gasteiger partial charge in [0, 0.05) is 25.4 Å². The molecule has 1 saturated carbocycles. The minimum atomic E-state index is -0.00152. The summed E-state index contributed by atoms with van der Waals surface area (Å²) in [6, 6.07) is 0.401. The number of aromatic nitrogens is 4. The maximum Gasteiger partial charge on any atom is 0.328 e. The molecule has 84 valence electrons. The zero-order valence-electron chi connectivity index (χ0n) is 8.96. The van der Waals surface area contributed by atoms with Crippen LogP contribution in [-0.2, 0) is 6.54 Å². The van der Waals surface area contributed by atoms with Crippen molar-refractivity contribution in [1.82, 2.24) is 19.3 Å². The van der Waals surface area contributed by atoms with Gasteiger partial charge in [-0.05, 0) is 12.8 Å². The van der Waals surface area contributed by atoms with E-state index in [-0.39, 0.29) is 5.69 Å². The van der Waals surface area contributed by atoms with Crippen molar-refractivity contribution in [3.63, 3.8) is 0 Å². The van der Waals surface area contributed by atoms with Gasteiger partial charge in [-0.3, -0.25) is 9.13 Å². The van der Waals surface area contributed by atoms with Crippen LogP contribution in [0.1, 0.15) is 30.7 Å². The SMILES string of the molecule is Cc1nnc(Cn2ccn(C3CC3)c2=O)o1. The Kier molecular flexibility index (Phi) is 1.95. The number of nitrogens with zero attached hydrogens (tertiary/aromatic N) is 4. The Balaban J connectivity index is 1.87. The largest absolute Gasteiger partial charge is 0.424 e. The average Bonchev–Trinajstić information content (AvgIpc) is 2.93. The normalized spacial score (nSPS) is 15.6. The maximum absolute atomic E-state index is 11.9. The molecule has 0 spiro atoms. The molecular formula is C10H12N4O2. The van der Waals surface area contributed by atoms with Crippen molar-refractivity contribution in [2.75, 3.05) is 0 Å². The third-order valence-corrected chi connectivity index (χ3v) is 2.69. The monoisotopic (exact) mass is 220 g/mol. The Bertz CT molecular complexity index is 561. The van der Waals surface area contributed by atoms with Crippen LogP contribution in [0.4, 0.5) is 0 Å². The highest BCUT2D eigenvalue weighted by atomic mass is 16.4. The second-order valence-corrected chi connectivity index (χ2v) is 4.06. The molecule has 1 fully saturated rings. The van der Waals surface area contributed by atoms with Gasteiger partial charge >= 0.3 is 5.69 Å². The predicted octanol–water partition coefficient (Wildman–Crippen LogP) is 0.724. The van der Waals surface area contributed by atoms with E-state index in [1.807, 2.05) is 6.20 Å². The Labute approximate surface area is 91.5 Å². The van der Waals surface area contributed by atoms with Gasteiger partial charge in [0.25, 0.3) is 0 Å². The van der Waals surface area contributed by atoms with Gasteiger partial charge in [-0.15, -0.1) is 10.2 Å². The van der Waals surface area contributed by atoms with E-state index < -0.39 is 0 Å².